The van der Waals surface area contributed by atoms with Crippen LogP contribution in [0.15, 0.2) is 24.3 Å². The monoisotopic (exact) mass is 264 g/mol. The molecular weight excluding hydrogens is 244 g/mol. The number of ether oxygens (including phenoxy) is 2. The highest BCUT2D eigenvalue weighted by atomic mass is 16.5. The molecule has 1 saturated heterocycles. The predicted molar refractivity (Wildman–Crippen MR) is 71.8 cm³/mol. The van der Waals surface area contributed by atoms with Gasteiger partial charge >= 0.3 is 0 Å². The molecule has 1 aliphatic heterocycles. The van der Waals surface area contributed by atoms with Gasteiger partial charge in [0.05, 0.1) is 13.2 Å². The molecular formula is C14H20N2O3. The normalized spacial score (nSPS) is 15.6. The Balaban J connectivity index is 1.67. The van der Waals surface area contributed by atoms with Crippen LogP contribution in [0.4, 0.5) is 0 Å². The molecule has 19 heavy (non-hydrogen) atoms. The van der Waals surface area contributed by atoms with Crippen molar-refractivity contribution in [3.63, 3.8) is 0 Å². The second kappa shape index (κ2) is 7.11. The third-order valence-electron chi connectivity index (χ3n) is 3.08. The number of hydrogen-bond donors (Lipinski definition) is 1. The van der Waals surface area contributed by atoms with Gasteiger partial charge in [0.1, 0.15) is 12.4 Å². The van der Waals surface area contributed by atoms with E-state index in [-0.39, 0.29) is 12.5 Å². The van der Waals surface area contributed by atoms with E-state index in [1.165, 1.54) is 0 Å². The zero-order chi connectivity index (χ0) is 13.5. The number of carbonyl (C=O) groups is 1. The Labute approximate surface area is 113 Å². The highest BCUT2D eigenvalue weighted by Crippen LogP contribution is 2.12. The van der Waals surface area contributed by atoms with E-state index < -0.39 is 0 Å². The van der Waals surface area contributed by atoms with Crippen molar-refractivity contribution in [1.82, 2.24) is 4.90 Å². The van der Waals surface area contributed by atoms with Crippen molar-refractivity contribution in [2.24, 2.45) is 5.73 Å². The summed E-state index contributed by atoms with van der Waals surface area (Å²) in [5.74, 6) is 0.907. The quantitative estimate of drug-likeness (QED) is 0.771. The molecule has 104 valence electrons. The maximum atomic E-state index is 11.5. The van der Waals surface area contributed by atoms with Crippen molar-refractivity contribution >= 4 is 5.91 Å². The van der Waals surface area contributed by atoms with E-state index >= 15 is 0 Å². The van der Waals surface area contributed by atoms with Crippen LogP contribution in [-0.4, -0.2) is 43.7 Å². The maximum absolute atomic E-state index is 11.5. The van der Waals surface area contributed by atoms with Gasteiger partial charge in [-0.05, 0) is 24.1 Å². The third kappa shape index (κ3) is 4.22. The Morgan fingerprint density at radius 1 is 1.32 bits per heavy atom. The molecule has 5 heteroatoms. The summed E-state index contributed by atoms with van der Waals surface area (Å²) in [6.45, 7) is 3.40. The van der Waals surface area contributed by atoms with Crippen LogP contribution in [-0.2, 0) is 16.1 Å². The van der Waals surface area contributed by atoms with Crippen LogP contribution in [0.3, 0.4) is 0 Å². The van der Waals surface area contributed by atoms with Gasteiger partial charge in [-0.3, -0.25) is 4.79 Å². The van der Waals surface area contributed by atoms with Gasteiger partial charge in [-0.25, -0.2) is 0 Å². The van der Waals surface area contributed by atoms with Gasteiger partial charge in [0, 0.05) is 19.6 Å². The lowest BCUT2D eigenvalue weighted by molar-refractivity contribution is -0.142. The summed E-state index contributed by atoms with van der Waals surface area (Å²) in [5, 5.41) is 0. The van der Waals surface area contributed by atoms with Crippen LogP contribution in [0, 0.1) is 0 Å². The molecule has 0 aliphatic carbocycles. The second-order valence-corrected chi connectivity index (χ2v) is 4.48. The molecule has 5 nitrogen and oxygen atoms in total. The minimum Gasteiger partial charge on any atom is -0.494 e. The van der Waals surface area contributed by atoms with Crippen molar-refractivity contribution in [2.45, 2.75) is 13.0 Å². The van der Waals surface area contributed by atoms with Crippen molar-refractivity contribution < 1.29 is 14.3 Å². The molecule has 1 aromatic rings. The summed E-state index contributed by atoms with van der Waals surface area (Å²) in [6.07, 6.45) is 0.824. The Hall–Kier alpha value is -1.59. The average molecular weight is 264 g/mol. The van der Waals surface area contributed by atoms with Crippen LogP contribution < -0.4 is 10.5 Å². The zero-order valence-electron chi connectivity index (χ0n) is 11.0. The lowest BCUT2D eigenvalue weighted by Gasteiger charge is -2.26. The van der Waals surface area contributed by atoms with Gasteiger partial charge in [-0.2, -0.15) is 0 Å². The summed E-state index contributed by atoms with van der Waals surface area (Å²) in [6, 6.07) is 7.76. The molecule has 1 amide bonds. The molecule has 2 rings (SSSR count). The second-order valence-electron chi connectivity index (χ2n) is 4.48. The van der Waals surface area contributed by atoms with Crippen LogP contribution in [0.5, 0.6) is 5.75 Å². The summed E-state index contributed by atoms with van der Waals surface area (Å²) >= 11 is 0. The molecule has 1 aromatic carbocycles. The standard InChI is InChI=1S/C14H20N2O3/c15-10-12-2-4-13(5-3-12)19-8-1-6-16-7-9-18-11-14(16)17/h2-5H,1,6-11,15H2. The maximum Gasteiger partial charge on any atom is 0.248 e. The van der Waals surface area contributed by atoms with E-state index in [0.29, 0.717) is 26.3 Å². The minimum absolute atomic E-state index is 0.0681. The molecule has 1 heterocycles. The molecule has 1 aliphatic rings. The molecule has 0 bridgehead atoms. The van der Waals surface area contributed by atoms with Crippen molar-refractivity contribution in [3.05, 3.63) is 29.8 Å². The van der Waals surface area contributed by atoms with Crippen molar-refractivity contribution in [1.29, 1.82) is 0 Å². The summed E-state index contributed by atoms with van der Waals surface area (Å²) in [7, 11) is 0. The highest BCUT2D eigenvalue weighted by Gasteiger charge is 2.17. The van der Waals surface area contributed by atoms with E-state index in [1.807, 2.05) is 29.2 Å². The molecule has 0 radical (unpaired) electrons. The number of benzene rings is 1. The van der Waals surface area contributed by atoms with E-state index in [0.717, 1.165) is 24.3 Å². The Morgan fingerprint density at radius 2 is 2.11 bits per heavy atom. The van der Waals surface area contributed by atoms with E-state index in [2.05, 4.69) is 0 Å². The van der Waals surface area contributed by atoms with Crippen LogP contribution in [0.1, 0.15) is 12.0 Å². The van der Waals surface area contributed by atoms with Gasteiger partial charge in [-0.1, -0.05) is 12.1 Å². The van der Waals surface area contributed by atoms with Crippen LogP contribution in [0.25, 0.3) is 0 Å². The lowest BCUT2D eigenvalue weighted by atomic mass is 10.2. The van der Waals surface area contributed by atoms with Gasteiger partial charge < -0.3 is 20.1 Å². The van der Waals surface area contributed by atoms with E-state index in [9.17, 15) is 4.79 Å². The zero-order valence-corrected chi connectivity index (χ0v) is 11.0. The number of hydrogen-bond acceptors (Lipinski definition) is 4. The number of carbonyl (C=O) groups excluding carboxylic acids is 1. The van der Waals surface area contributed by atoms with Gasteiger partial charge in [-0.15, -0.1) is 0 Å². The van der Waals surface area contributed by atoms with Crippen molar-refractivity contribution in [2.75, 3.05) is 32.9 Å². The van der Waals surface area contributed by atoms with Crippen LogP contribution in [0.2, 0.25) is 0 Å². The molecule has 0 aromatic heterocycles. The van der Waals surface area contributed by atoms with Crippen LogP contribution >= 0.6 is 0 Å². The van der Waals surface area contributed by atoms with Crippen molar-refractivity contribution in [3.8, 4) is 5.75 Å². The van der Waals surface area contributed by atoms with Gasteiger partial charge in [0.2, 0.25) is 5.91 Å². The summed E-state index contributed by atoms with van der Waals surface area (Å²) in [5.41, 5.74) is 6.62. The summed E-state index contributed by atoms with van der Waals surface area (Å²) in [4.78, 5) is 13.3. The fourth-order valence-electron chi connectivity index (χ4n) is 1.95. The fraction of sp³-hybridized carbons (Fsp3) is 0.500. The fourth-order valence-corrected chi connectivity index (χ4v) is 1.95. The number of nitrogens with zero attached hydrogens (tertiary/aromatic N) is 1. The number of morpholine rings is 1. The molecule has 0 saturated carbocycles. The lowest BCUT2D eigenvalue weighted by Crippen LogP contribution is -2.42. The Bertz CT molecular complexity index is 406. The van der Waals surface area contributed by atoms with Gasteiger partial charge in [0.15, 0.2) is 0 Å². The molecule has 0 spiro atoms. The molecule has 0 unspecified atom stereocenters. The average Bonchev–Trinajstić information content (AvgIpc) is 2.46. The first-order valence-corrected chi connectivity index (χ1v) is 6.57. The molecule has 1 fully saturated rings. The Morgan fingerprint density at radius 3 is 2.79 bits per heavy atom. The van der Waals surface area contributed by atoms with E-state index in [1.54, 1.807) is 0 Å². The number of rotatable bonds is 6. The first-order chi connectivity index (χ1) is 9.29. The predicted octanol–water partition coefficient (Wildman–Crippen LogP) is 0.773. The Kier molecular flexibility index (Phi) is 5.18. The minimum atomic E-state index is 0.0681. The SMILES string of the molecule is NCc1ccc(OCCCN2CCOCC2=O)cc1. The highest BCUT2D eigenvalue weighted by molar-refractivity contribution is 5.77. The largest absolute Gasteiger partial charge is 0.494 e. The number of amides is 1. The molecule has 0 atom stereocenters. The smallest absolute Gasteiger partial charge is 0.248 e. The number of nitrogens with two attached hydrogens (primary N) is 1. The first-order valence-electron chi connectivity index (χ1n) is 6.57. The summed E-state index contributed by atoms with van der Waals surface area (Å²) < 4.78 is 10.7. The van der Waals surface area contributed by atoms with Gasteiger partial charge in [0.25, 0.3) is 0 Å². The van der Waals surface area contributed by atoms with E-state index in [4.69, 9.17) is 15.2 Å². The third-order valence-corrected chi connectivity index (χ3v) is 3.08. The topological polar surface area (TPSA) is 64.8 Å². The first kappa shape index (κ1) is 13.8. The molecule has 2 N–H and O–H groups in total.